The van der Waals surface area contributed by atoms with Crippen molar-refractivity contribution in [2.45, 2.75) is 32.5 Å². The van der Waals surface area contributed by atoms with Crippen LogP contribution in [0.2, 0.25) is 0 Å². The fourth-order valence-electron chi connectivity index (χ4n) is 4.80. The summed E-state index contributed by atoms with van der Waals surface area (Å²) in [7, 11) is 3.12. The van der Waals surface area contributed by atoms with E-state index < -0.39 is 12.0 Å². The molecule has 0 aromatic heterocycles. The Morgan fingerprint density at radius 1 is 1.00 bits per heavy atom. The SMILES string of the molecule is COc1ccc(C2C(C(=O)OCc3ccccc3)=C(C)N=C3SC=C(CC(=O)NCc4ccc(F)cc4)N32)c(OC)c1. The minimum Gasteiger partial charge on any atom is -0.497 e. The van der Waals surface area contributed by atoms with E-state index in [0.717, 1.165) is 11.1 Å². The zero-order valence-electron chi connectivity index (χ0n) is 23.4. The number of esters is 1. The van der Waals surface area contributed by atoms with Crippen LogP contribution in [-0.4, -0.2) is 36.2 Å². The Morgan fingerprint density at radius 3 is 2.48 bits per heavy atom. The second-order valence-corrected chi connectivity index (χ2v) is 10.5. The number of amidine groups is 1. The molecule has 1 amide bonds. The number of carbonyl (C=O) groups excluding carboxylic acids is 2. The van der Waals surface area contributed by atoms with E-state index in [1.54, 1.807) is 45.4 Å². The van der Waals surface area contributed by atoms with Crippen molar-refractivity contribution < 1.29 is 28.2 Å². The third kappa shape index (κ3) is 6.33. The summed E-state index contributed by atoms with van der Waals surface area (Å²) in [5.41, 5.74) is 3.86. The lowest BCUT2D eigenvalue weighted by atomic mass is 9.93. The van der Waals surface area contributed by atoms with E-state index in [2.05, 4.69) is 5.32 Å². The minimum absolute atomic E-state index is 0.0353. The number of halogens is 1. The molecule has 216 valence electrons. The number of ether oxygens (including phenoxy) is 3. The number of methoxy groups -OCH3 is 2. The van der Waals surface area contributed by atoms with Gasteiger partial charge in [-0.25, -0.2) is 14.2 Å². The van der Waals surface area contributed by atoms with Crippen LogP contribution >= 0.6 is 11.8 Å². The molecule has 10 heteroatoms. The summed E-state index contributed by atoms with van der Waals surface area (Å²) in [5.74, 6) is 0.0303. The first kappa shape index (κ1) is 28.9. The number of aliphatic imine (C=N–C) groups is 1. The first-order chi connectivity index (χ1) is 20.4. The molecule has 2 aliphatic rings. The van der Waals surface area contributed by atoms with Crippen LogP contribution in [-0.2, 0) is 27.5 Å². The molecule has 0 saturated carbocycles. The summed E-state index contributed by atoms with van der Waals surface area (Å²) in [6.45, 7) is 2.13. The molecule has 1 unspecified atom stereocenters. The fourth-order valence-corrected chi connectivity index (χ4v) is 5.76. The predicted octanol–water partition coefficient (Wildman–Crippen LogP) is 5.87. The second-order valence-electron chi connectivity index (χ2n) is 9.64. The standard InChI is InChI=1S/C32H30FN3O5S/c1-20-29(31(38)41-18-22-7-5-4-6-8-22)30(26-14-13-25(39-2)16-27(26)40-3)36-24(19-42-32(36)35-20)15-28(37)34-17-21-9-11-23(33)12-10-21/h4-14,16,19,30H,15,17-18H2,1-3H3,(H,34,37). The molecular formula is C32H30FN3O5S. The number of nitrogens with one attached hydrogen (secondary N) is 1. The number of carbonyl (C=O) groups is 2. The Balaban J connectivity index is 1.44. The van der Waals surface area contributed by atoms with Gasteiger partial charge in [-0.1, -0.05) is 54.2 Å². The maximum atomic E-state index is 13.7. The summed E-state index contributed by atoms with van der Waals surface area (Å²) < 4.78 is 30.2. The Labute approximate surface area is 247 Å². The summed E-state index contributed by atoms with van der Waals surface area (Å²) in [6, 6.07) is 20.1. The van der Waals surface area contributed by atoms with E-state index in [1.807, 2.05) is 46.7 Å². The summed E-state index contributed by atoms with van der Waals surface area (Å²) in [6.07, 6.45) is 0.0353. The lowest BCUT2D eigenvalue weighted by Crippen LogP contribution is -2.38. The Hall–Kier alpha value is -4.57. The van der Waals surface area contributed by atoms with Gasteiger partial charge in [0.25, 0.3) is 0 Å². The summed E-state index contributed by atoms with van der Waals surface area (Å²) in [5, 5.41) is 5.39. The molecule has 1 N–H and O–H groups in total. The van der Waals surface area contributed by atoms with Crippen LogP contribution in [0.3, 0.4) is 0 Å². The van der Waals surface area contributed by atoms with Crippen molar-refractivity contribution in [2.24, 2.45) is 4.99 Å². The number of fused-ring (bicyclic) bond motifs is 1. The predicted molar refractivity (Wildman–Crippen MR) is 159 cm³/mol. The van der Waals surface area contributed by atoms with Crippen LogP contribution in [0.15, 0.2) is 100 Å². The Morgan fingerprint density at radius 2 is 1.76 bits per heavy atom. The molecule has 0 bridgehead atoms. The van der Waals surface area contributed by atoms with Crippen LogP contribution < -0.4 is 14.8 Å². The smallest absolute Gasteiger partial charge is 0.338 e. The number of amides is 1. The van der Waals surface area contributed by atoms with E-state index in [4.69, 9.17) is 19.2 Å². The molecule has 3 aromatic carbocycles. The maximum absolute atomic E-state index is 13.7. The van der Waals surface area contributed by atoms with Crippen molar-refractivity contribution in [1.82, 2.24) is 10.2 Å². The van der Waals surface area contributed by atoms with E-state index in [0.29, 0.717) is 39.2 Å². The van der Waals surface area contributed by atoms with E-state index in [9.17, 15) is 14.0 Å². The molecule has 42 heavy (non-hydrogen) atoms. The highest BCUT2D eigenvalue weighted by atomic mass is 32.2. The molecule has 2 aliphatic heterocycles. The zero-order valence-corrected chi connectivity index (χ0v) is 24.2. The third-order valence-corrected chi connectivity index (χ3v) is 7.80. The van der Waals surface area contributed by atoms with Gasteiger partial charge in [0.2, 0.25) is 5.91 Å². The number of thioether (sulfide) groups is 1. The number of hydrogen-bond donors (Lipinski definition) is 1. The second kappa shape index (κ2) is 12.9. The highest BCUT2D eigenvalue weighted by molar-refractivity contribution is 8.16. The molecule has 8 nitrogen and oxygen atoms in total. The normalized spacial score (nSPS) is 15.9. The van der Waals surface area contributed by atoms with Crippen molar-refractivity contribution >= 4 is 28.8 Å². The minimum atomic E-state index is -0.673. The van der Waals surface area contributed by atoms with Gasteiger partial charge in [0.1, 0.15) is 23.9 Å². The first-order valence-electron chi connectivity index (χ1n) is 13.3. The van der Waals surface area contributed by atoms with Gasteiger partial charge in [-0.2, -0.15) is 0 Å². The number of hydrogen-bond acceptors (Lipinski definition) is 8. The average molecular weight is 588 g/mol. The van der Waals surface area contributed by atoms with E-state index >= 15 is 0 Å². The molecule has 0 aliphatic carbocycles. The molecule has 1 atom stereocenters. The number of rotatable bonds is 10. The molecule has 5 rings (SSSR count). The molecule has 0 saturated heterocycles. The Bertz CT molecular complexity index is 1570. The topological polar surface area (TPSA) is 89.5 Å². The third-order valence-electron chi connectivity index (χ3n) is 6.91. The highest BCUT2D eigenvalue weighted by Crippen LogP contribution is 2.47. The Kier molecular flexibility index (Phi) is 8.92. The van der Waals surface area contributed by atoms with Gasteiger partial charge in [-0.15, -0.1) is 0 Å². The lowest BCUT2D eigenvalue weighted by Gasteiger charge is -2.36. The molecule has 0 spiro atoms. The number of benzene rings is 3. The van der Waals surface area contributed by atoms with Crippen LogP contribution in [0.1, 0.15) is 36.1 Å². The molecule has 3 aromatic rings. The zero-order chi connectivity index (χ0) is 29.6. The quantitative estimate of drug-likeness (QED) is 0.297. The largest absolute Gasteiger partial charge is 0.497 e. The van der Waals surface area contributed by atoms with Crippen LogP contribution in [0.25, 0.3) is 0 Å². The monoisotopic (exact) mass is 587 g/mol. The van der Waals surface area contributed by atoms with Crippen LogP contribution in [0.5, 0.6) is 11.5 Å². The van der Waals surface area contributed by atoms with Gasteiger partial charge in [-0.3, -0.25) is 4.79 Å². The highest BCUT2D eigenvalue weighted by Gasteiger charge is 2.42. The molecule has 2 heterocycles. The average Bonchev–Trinajstić information content (AvgIpc) is 3.40. The van der Waals surface area contributed by atoms with E-state index in [1.165, 1.54) is 23.9 Å². The molecular weight excluding hydrogens is 557 g/mol. The van der Waals surface area contributed by atoms with Gasteiger partial charge in [-0.05, 0) is 47.7 Å². The van der Waals surface area contributed by atoms with Gasteiger partial charge in [0, 0.05) is 23.9 Å². The van der Waals surface area contributed by atoms with Crippen molar-refractivity contribution in [3.05, 3.63) is 118 Å². The van der Waals surface area contributed by atoms with Gasteiger partial charge >= 0.3 is 5.97 Å². The van der Waals surface area contributed by atoms with Crippen molar-refractivity contribution in [1.29, 1.82) is 0 Å². The van der Waals surface area contributed by atoms with E-state index in [-0.39, 0.29) is 31.3 Å². The molecule has 0 fully saturated rings. The fraction of sp³-hybridized carbons (Fsp3) is 0.219. The van der Waals surface area contributed by atoms with Crippen LogP contribution in [0, 0.1) is 5.82 Å². The van der Waals surface area contributed by atoms with Crippen molar-refractivity contribution in [3.63, 3.8) is 0 Å². The lowest BCUT2D eigenvalue weighted by molar-refractivity contribution is -0.141. The summed E-state index contributed by atoms with van der Waals surface area (Å²) >= 11 is 1.38. The molecule has 0 radical (unpaired) electrons. The van der Waals surface area contributed by atoms with Crippen molar-refractivity contribution in [2.75, 3.05) is 14.2 Å². The van der Waals surface area contributed by atoms with Crippen LogP contribution in [0.4, 0.5) is 4.39 Å². The maximum Gasteiger partial charge on any atom is 0.338 e. The first-order valence-corrected chi connectivity index (χ1v) is 14.1. The number of allylic oxidation sites excluding steroid dienone is 1. The van der Waals surface area contributed by atoms with Gasteiger partial charge in [0.05, 0.1) is 38.0 Å². The van der Waals surface area contributed by atoms with Gasteiger partial charge < -0.3 is 24.4 Å². The van der Waals surface area contributed by atoms with Gasteiger partial charge in [0.15, 0.2) is 5.17 Å². The summed E-state index contributed by atoms with van der Waals surface area (Å²) in [4.78, 5) is 33.4. The number of nitrogens with zero attached hydrogens (tertiary/aromatic N) is 2. The van der Waals surface area contributed by atoms with Crippen molar-refractivity contribution in [3.8, 4) is 11.5 Å².